The van der Waals surface area contributed by atoms with Gasteiger partial charge in [-0.25, -0.2) is 0 Å². The molecule has 0 unspecified atom stereocenters. The van der Waals surface area contributed by atoms with E-state index in [2.05, 4.69) is 48.3 Å². The van der Waals surface area contributed by atoms with Crippen LogP contribution in [0.15, 0.2) is 24.5 Å². The first-order valence-corrected chi connectivity index (χ1v) is 4.52. The zero-order valence-corrected chi connectivity index (χ0v) is 8.12. The van der Waals surface area contributed by atoms with E-state index in [1.165, 1.54) is 0 Å². The van der Waals surface area contributed by atoms with Crippen LogP contribution < -0.4 is 5.32 Å². The standard InChI is InChI=1S/C10H18N2/c1-9(2)10(11-3)8-12-6-4-5-7-12/h4-7,9-11H,8H2,1-3H3/t10-/m1/s1. The fraction of sp³-hybridized carbons (Fsp3) is 0.600. The van der Waals surface area contributed by atoms with Gasteiger partial charge in [-0.15, -0.1) is 0 Å². The van der Waals surface area contributed by atoms with E-state index in [-0.39, 0.29) is 0 Å². The summed E-state index contributed by atoms with van der Waals surface area (Å²) < 4.78 is 2.21. The molecule has 0 aromatic carbocycles. The molecule has 0 aliphatic rings. The van der Waals surface area contributed by atoms with Crippen molar-refractivity contribution in [2.45, 2.75) is 26.4 Å². The van der Waals surface area contributed by atoms with Crippen molar-refractivity contribution in [1.29, 1.82) is 0 Å². The molecule has 1 N–H and O–H groups in total. The predicted molar refractivity (Wildman–Crippen MR) is 52.1 cm³/mol. The Morgan fingerprint density at radius 3 is 2.25 bits per heavy atom. The van der Waals surface area contributed by atoms with Gasteiger partial charge in [0.1, 0.15) is 0 Å². The normalized spacial score (nSPS) is 13.7. The maximum Gasteiger partial charge on any atom is 0.0375 e. The third kappa shape index (κ3) is 2.38. The SMILES string of the molecule is CN[C@H](Cn1cccc1)C(C)C. The van der Waals surface area contributed by atoms with Crippen LogP contribution >= 0.6 is 0 Å². The van der Waals surface area contributed by atoms with Crippen molar-refractivity contribution in [1.82, 2.24) is 9.88 Å². The second-order valence-electron chi connectivity index (χ2n) is 3.52. The molecule has 0 radical (unpaired) electrons. The first kappa shape index (κ1) is 9.33. The van der Waals surface area contributed by atoms with Crippen LogP contribution in [0.3, 0.4) is 0 Å². The molecule has 1 heterocycles. The number of hydrogen-bond acceptors (Lipinski definition) is 1. The van der Waals surface area contributed by atoms with Gasteiger partial charge < -0.3 is 9.88 Å². The van der Waals surface area contributed by atoms with Gasteiger partial charge in [-0.1, -0.05) is 13.8 Å². The zero-order chi connectivity index (χ0) is 8.97. The van der Waals surface area contributed by atoms with Gasteiger partial charge in [0.25, 0.3) is 0 Å². The first-order valence-electron chi connectivity index (χ1n) is 4.52. The summed E-state index contributed by atoms with van der Waals surface area (Å²) in [4.78, 5) is 0. The summed E-state index contributed by atoms with van der Waals surface area (Å²) in [6.45, 7) is 5.54. The van der Waals surface area contributed by atoms with Crippen LogP contribution in [0.2, 0.25) is 0 Å². The minimum absolute atomic E-state index is 0.567. The van der Waals surface area contributed by atoms with Crippen molar-refractivity contribution < 1.29 is 0 Å². The highest BCUT2D eigenvalue weighted by atomic mass is 15.0. The average Bonchev–Trinajstić information content (AvgIpc) is 2.51. The minimum atomic E-state index is 0.567. The molecular weight excluding hydrogens is 148 g/mol. The van der Waals surface area contributed by atoms with Crippen LogP contribution in [0.5, 0.6) is 0 Å². The minimum Gasteiger partial charge on any atom is -0.353 e. The molecule has 1 rings (SSSR count). The van der Waals surface area contributed by atoms with Crippen molar-refractivity contribution in [3.05, 3.63) is 24.5 Å². The Kier molecular flexibility index (Phi) is 3.35. The second-order valence-corrected chi connectivity index (χ2v) is 3.52. The molecule has 12 heavy (non-hydrogen) atoms. The summed E-state index contributed by atoms with van der Waals surface area (Å²) >= 11 is 0. The van der Waals surface area contributed by atoms with E-state index in [0.29, 0.717) is 12.0 Å². The highest BCUT2D eigenvalue weighted by Crippen LogP contribution is 2.04. The molecule has 1 aromatic rings. The predicted octanol–water partition coefficient (Wildman–Crippen LogP) is 1.73. The van der Waals surface area contributed by atoms with Crippen molar-refractivity contribution in [2.75, 3.05) is 7.05 Å². The van der Waals surface area contributed by atoms with Crippen molar-refractivity contribution in [3.8, 4) is 0 Å². The number of nitrogens with one attached hydrogen (secondary N) is 1. The summed E-state index contributed by atoms with van der Waals surface area (Å²) in [7, 11) is 2.02. The molecule has 0 saturated carbocycles. The van der Waals surface area contributed by atoms with E-state index < -0.39 is 0 Å². The van der Waals surface area contributed by atoms with Gasteiger partial charge in [0, 0.05) is 25.0 Å². The Bertz CT molecular complexity index is 202. The van der Waals surface area contributed by atoms with Crippen LogP contribution in [-0.2, 0) is 6.54 Å². The molecular formula is C10H18N2. The molecule has 0 amide bonds. The molecule has 1 atom stereocenters. The van der Waals surface area contributed by atoms with E-state index in [1.54, 1.807) is 0 Å². The van der Waals surface area contributed by atoms with Gasteiger partial charge in [0.05, 0.1) is 0 Å². The first-order chi connectivity index (χ1) is 5.74. The van der Waals surface area contributed by atoms with Crippen LogP contribution in [-0.4, -0.2) is 17.7 Å². The van der Waals surface area contributed by atoms with E-state index in [9.17, 15) is 0 Å². The van der Waals surface area contributed by atoms with Crippen molar-refractivity contribution in [3.63, 3.8) is 0 Å². The maximum atomic E-state index is 3.32. The lowest BCUT2D eigenvalue weighted by atomic mass is 10.1. The maximum absolute atomic E-state index is 3.32. The van der Waals surface area contributed by atoms with Gasteiger partial charge in [-0.2, -0.15) is 0 Å². The number of aromatic nitrogens is 1. The largest absolute Gasteiger partial charge is 0.353 e. The summed E-state index contributed by atoms with van der Waals surface area (Å²) in [6, 6.07) is 4.69. The van der Waals surface area contributed by atoms with E-state index in [0.717, 1.165) is 6.54 Å². The number of likely N-dealkylation sites (N-methyl/N-ethyl adjacent to an activating group) is 1. The fourth-order valence-electron chi connectivity index (χ4n) is 1.35. The second kappa shape index (κ2) is 4.31. The molecule has 0 fully saturated rings. The lowest BCUT2D eigenvalue weighted by Crippen LogP contribution is -2.34. The van der Waals surface area contributed by atoms with Crippen molar-refractivity contribution >= 4 is 0 Å². The molecule has 0 spiro atoms. The van der Waals surface area contributed by atoms with Gasteiger partial charge >= 0.3 is 0 Å². The Labute approximate surface area is 74.6 Å². The molecule has 0 aliphatic heterocycles. The average molecular weight is 166 g/mol. The molecule has 2 heteroatoms. The van der Waals surface area contributed by atoms with E-state index in [4.69, 9.17) is 0 Å². The molecule has 1 aromatic heterocycles. The number of nitrogens with zero attached hydrogens (tertiary/aromatic N) is 1. The Balaban J connectivity index is 2.48. The van der Waals surface area contributed by atoms with Gasteiger partial charge in [-0.3, -0.25) is 0 Å². The number of rotatable bonds is 4. The Morgan fingerprint density at radius 2 is 1.83 bits per heavy atom. The van der Waals surface area contributed by atoms with Gasteiger partial charge in [0.15, 0.2) is 0 Å². The molecule has 2 nitrogen and oxygen atoms in total. The van der Waals surface area contributed by atoms with Gasteiger partial charge in [-0.05, 0) is 25.1 Å². The summed E-state index contributed by atoms with van der Waals surface area (Å²) in [6.07, 6.45) is 4.21. The number of hydrogen-bond donors (Lipinski definition) is 1. The van der Waals surface area contributed by atoms with E-state index in [1.807, 2.05) is 7.05 Å². The van der Waals surface area contributed by atoms with Gasteiger partial charge in [0.2, 0.25) is 0 Å². The van der Waals surface area contributed by atoms with Crippen LogP contribution in [0, 0.1) is 5.92 Å². The van der Waals surface area contributed by atoms with Crippen molar-refractivity contribution in [2.24, 2.45) is 5.92 Å². The van der Waals surface area contributed by atoms with Crippen LogP contribution in [0.25, 0.3) is 0 Å². The summed E-state index contributed by atoms with van der Waals surface area (Å²) in [5.41, 5.74) is 0. The fourth-order valence-corrected chi connectivity index (χ4v) is 1.35. The monoisotopic (exact) mass is 166 g/mol. The topological polar surface area (TPSA) is 17.0 Å². The lowest BCUT2D eigenvalue weighted by Gasteiger charge is -2.20. The third-order valence-electron chi connectivity index (χ3n) is 2.25. The Morgan fingerprint density at radius 1 is 1.25 bits per heavy atom. The Hall–Kier alpha value is -0.760. The molecule has 0 bridgehead atoms. The van der Waals surface area contributed by atoms with Crippen LogP contribution in [0.1, 0.15) is 13.8 Å². The zero-order valence-electron chi connectivity index (χ0n) is 8.12. The molecule has 0 aliphatic carbocycles. The summed E-state index contributed by atoms with van der Waals surface area (Å²) in [5, 5.41) is 3.32. The van der Waals surface area contributed by atoms with Crippen LogP contribution in [0.4, 0.5) is 0 Å². The molecule has 0 saturated heterocycles. The smallest absolute Gasteiger partial charge is 0.0375 e. The lowest BCUT2D eigenvalue weighted by molar-refractivity contribution is 0.378. The third-order valence-corrected chi connectivity index (χ3v) is 2.25. The van der Waals surface area contributed by atoms with E-state index >= 15 is 0 Å². The highest BCUT2D eigenvalue weighted by molar-refractivity contribution is 4.91. The molecule has 68 valence electrons. The highest BCUT2D eigenvalue weighted by Gasteiger charge is 2.09. The summed E-state index contributed by atoms with van der Waals surface area (Å²) in [5.74, 6) is 0.678. The quantitative estimate of drug-likeness (QED) is 0.721.